The molecule has 7 heteroatoms. The number of nitrogens with zero attached hydrogens (tertiary/aromatic N) is 1. The summed E-state index contributed by atoms with van der Waals surface area (Å²) < 4.78 is 19.5. The van der Waals surface area contributed by atoms with Crippen LogP contribution < -0.4 is 0 Å². The number of benzene rings is 2. The summed E-state index contributed by atoms with van der Waals surface area (Å²) in [6.45, 7) is 6.09. The molecule has 3 rings (SSSR count). The van der Waals surface area contributed by atoms with E-state index in [-0.39, 0.29) is 25.3 Å². The van der Waals surface area contributed by atoms with Crippen LogP contribution in [-0.4, -0.2) is 28.4 Å². The predicted molar refractivity (Wildman–Crippen MR) is 118 cm³/mol. The zero-order valence-corrected chi connectivity index (χ0v) is 18.4. The van der Waals surface area contributed by atoms with E-state index in [0.717, 1.165) is 16.8 Å². The van der Waals surface area contributed by atoms with Crippen LogP contribution in [0.25, 0.3) is 0 Å². The highest BCUT2D eigenvalue weighted by molar-refractivity contribution is 6.30. The Hall–Kier alpha value is -3.12. The van der Waals surface area contributed by atoms with Gasteiger partial charge in [-0.25, -0.2) is 9.18 Å². The lowest BCUT2D eigenvalue weighted by Gasteiger charge is -2.24. The van der Waals surface area contributed by atoms with Gasteiger partial charge in [0.2, 0.25) is 0 Å². The second kappa shape index (κ2) is 9.79. The number of halogens is 2. The van der Waals surface area contributed by atoms with E-state index in [9.17, 15) is 14.0 Å². The number of H-pyrrole nitrogens is 1. The zero-order valence-electron chi connectivity index (χ0n) is 17.7. The number of aryl methyl sites for hydroxylation is 1. The van der Waals surface area contributed by atoms with Crippen LogP contribution in [-0.2, 0) is 17.8 Å². The summed E-state index contributed by atoms with van der Waals surface area (Å²) in [6.07, 6.45) is 0. The molecule has 5 nitrogen and oxygen atoms in total. The molecule has 2 aromatic carbocycles. The molecular weight excluding hydrogens is 419 g/mol. The van der Waals surface area contributed by atoms with Crippen molar-refractivity contribution in [3.05, 3.63) is 93.0 Å². The first-order valence-electron chi connectivity index (χ1n) is 9.95. The number of carbonyl (C=O) groups is 2. The van der Waals surface area contributed by atoms with E-state index in [0.29, 0.717) is 16.3 Å². The van der Waals surface area contributed by atoms with Gasteiger partial charge in [-0.05, 0) is 61.7 Å². The van der Waals surface area contributed by atoms with Crippen LogP contribution in [0.5, 0.6) is 0 Å². The molecule has 0 saturated heterocycles. The van der Waals surface area contributed by atoms with Gasteiger partial charge in [-0.3, -0.25) is 4.79 Å². The number of esters is 1. The third kappa shape index (κ3) is 5.14. The van der Waals surface area contributed by atoms with Crippen LogP contribution in [0, 0.1) is 19.7 Å². The molecule has 31 heavy (non-hydrogen) atoms. The van der Waals surface area contributed by atoms with Crippen molar-refractivity contribution in [3.63, 3.8) is 0 Å². The van der Waals surface area contributed by atoms with E-state index in [1.807, 2.05) is 19.1 Å². The molecule has 0 saturated carbocycles. The summed E-state index contributed by atoms with van der Waals surface area (Å²) in [7, 11) is 0. The third-order valence-corrected chi connectivity index (χ3v) is 5.35. The Kier molecular flexibility index (Phi) is 7.13. The lowest BCUT2D eigenvalue weighted by atomic mass is 10.1. The molecule has 3 aromatic rings. The van der Waals surface area contributed by atoms with Crippen LogP contribution in [0.3, 0.4) is 0 Å². The van der Waals surface area contributed by atoms with Gasteiger partial charge in [0.1, 0.15) is 11.5 Å². The maximum absolute atomic E-state index is 14.4. The predicted octanol–water partition coefficient (Wildman–Crippen LogP) is 5.44. The van der Waals surface area contributed by atoms with Crippen LogP contribution in [0.1, 0.15) is 50.2 Å². The molecule has 0 aliphatic carbocycles. The molecular formula is C24H24ClFN2O3. The normalized spacial score (nSPS) is 10.7. The monoisotopic (exact) mass is 442 g/mol. The van der Waals surface area contributed by atoms with Crippen molar-refractivity contribution in [2.75, 3.05) is 6.61 Å². The Morgan fingerprint density at radius 3 is 2.39 bits per heavy atom. The first kappa shape index (κ1) is 22.6. The van der Waals surface area contributed by atoms with Crippen molar-refractivity contribution in [1.29, 1.82) is 0 Å². The highest BCUT2D eigenvalue weighted by atomic mass is 35.5. The fraction of sp³-hybridized carbons (Fsp3) is 0.250. The second-order valence-electron chi connectivity index (χ2n) is 7.22. The van der Waals surface area contributed by atoms with Gasteiger partial charge in [-0.1, -0.05) is 35.9 Å². The van der Waals surface area contributed by atoms with Crippen molar-refractivity contribution in [2.45, 2.75) is 33.9 Å². The highest BCUT2D eigenvalue weighted by Gasteiger charge is 2.24. The number of hydrogen-bond acceptors (Lipinski definition) is 3. The van der Waals surface area contributed by atoms with Gasteiger partial charge < -0.3 is 14.6 Å². The first-order chi connectivity index (χ1) is 14.8. The maximum atomic E-state index is 14.4. The minimum Gasteiger partial charge on any atom is -0.461 e. The van der Waals surface area contributed by atoms with Gasteiger partial charge in [0.05, 0.1) is 12.2 Å². The van der Waals surface area contributed by atoms with E-state index in [1.54, 1.807) is 43.0 Å². The lowest BCUT2D eigenvalue weighted by molar-refractivity contribution is 0.0519. The summed E-state index contributed by atoms with van der Waals surface area (Å²) in [5.74, 6) is -1.46. The van der Waals surface area contributed by atoms with Gasteiger partial charge in [-0.2, -0.15) is 0 Å². The average Bonchev–Trinajstić information content (AvgIpc) is 3.03. The Morgan fingerprint density at radius 2 is 1.74 bits per heavy atom. The van der Waals surface area contributed by atoms with Gasteiger partial charge >= 0.3 is 5.97 Å². The van der Waals surface area contributed by atoms with Gasteiger partial charge in [0.15, 0.2) is 0 Å². The summed E-state index contributed by atoms with van der Waals surface area (Å²) in [5.41, 5.74) is 3.46. The first-order valence-corrected chi connectivity index (χ1v) is 10.3. The topological polar surface area (TPSA) is 62.4 Å². The summed E-state index contributed by atoms with van der Waals surface area (Å²) in [6, 6.07) is 13.0. The van der Waals surface area contributed by atoms with Crippen LogP contribution in [0.15, 0.2) is 48.5 Å². The molecule has 0 atom stereocenters. The Morgan fingerprint density at radius 1 is 1.06 bits per heavy atom. The maximum Gasteiger partial charge on any atom is 0.355 e. The minimum atomic E-state index is -0.580. The highest BCUT2D eigenvalue weighted by Crippen LogP contribution is 2.24. The molecule has 0 radical (unpaired) electrons. The number of amides is 1. The standard InChI is InChI=1S/C24H24ClFN2O3/c1-4-31-24(30)22-15(2)20(16(3)27-22)14-28(13-17-9-11-18(25)12-10-17)23(29)19-7-5-6-8-21(19)26/h5-12,27H,4,13-14H2,1-3H3. The second-order valence-corrected chi connectivity index (χ2v) is 7.65. The van der Waals surface area contributed by atoms with Crippen molar-refractivity contribution < 1.29 is 18.7 Å². The quantitative estimate of drug-likeness (QED) is 0.495. The minimum absolute atomic E-state index is 0.00655. The van der Waals surface area contributed by atoms with E-state index in [1.165, 1.54) is 12.1 Å². The molecule has 1 N–H and O–H groups in total. The smallest absolute Gasteiger partial charge is 0.355 e. The Labute approximate surface area is 185 Å². The summed E-state index contributed by atoms with van der Waals surface area (Å²) in [5, 5.41) is 0.590. The zero-order chi connectivity index (χ0) is 22.5. The SMILES string of the molecule is CCOC(=O)c1[nH]c(C)c(CN(Cc2ccc(Cl)cc2)C(=O)c2ccccc2F)c1C. The molecule has 1 aromatic heterocycles. The fourth-order valence-electron chi connectivity index (χ4n) is 3.44. The molecule has 0 aliphatic rings. The summed E-state index contributed by atoms with van der Waals surface area (Å²) >= 11 is 5.98. The molecule has 0 unspecified atom stereocenters. The molecule has 0 aliphatic heterocycles. The van der Waals surface area contributed by atoms with Crippen LogP contribution in [0.2, 0.25) is 5.02 Å². The Bertz CT molecular complexity index is 1090. The largest absolute Gasteiger partial charge is 0.461 e. The molecule has 162 valence electrons. The van der Waals surface area contributed by atoms with Gasteiger partial charge in [0, 0.05) is 23.8 Å². The molecule has 1 heterocycles. The number of rotatable bonds is 7. The van der Waals surface area contributed by atoms with Crippen molar-refractivity contribution >= 4 is 23.5 Å². The number of aromatic nitrogens is 1. The van der Waals surface area contributed by atoms with Crippen LogP contribution >= 0.6 is 11.6 Å². The number of carbonyl (C=O) groups excluding carboxylic acids is 2. The van der Waals surface area contributed by atoms with E-state index in [4.69, 9.17) is 16.3 Å². The van der Waals surface area contributed by atoms with E-state index in [2.05, 4.69) is 4.98 Å². The molecule has 1 amide bonds. The number of aromatic amines is 1. The molecule has 0 spiro atoms. The fourth-order valence-corrected chi connectivity index (χ4v) is 3.56. The van der Waals surface area contributed by atoms with Gasteiger partial charge in [0.25, 0.3) is 5.91 Å². The van der Waals surface area contributed by atoms with Crippen molar-refractivity contribution in [1.82, 2.24) is 9.88 Å². The Balaban J connectivity index is 1.97. The number of ether oxygens (including phenoxy) is 1. The van der Waals surface area contributed by atoms with Crippen molar-refractivity contribution in [3.8, 4) is 0 Å². The lowest BCUT2D eigenvalue weighted by Crippen LogP contribution is -2.31. The third-order valence-electron chi connectivity index (χ3n) is 5.10. The van der Waals surface area contributed by atoms with E-state index >= 15 is 0 Å². The molecule has 0 fully saturated rings. The summed E-state index contributed by atoms with van der Waals surface area (Å²) in [4.78, 5) is 30.1. The average molecular weight is 443 g/mol. The number of nitrogens with one attached hydrogen (secondary N) is 1. The van der Waals surface area contributed by atoms with Crippen molar-refractivity contribution in [2.24, 2.45) is 0 Å². The molecule has 0 bridgehead atoms. The number of hydrogen-bond donors (Lipinski definition) is 1. The van der Waals surface area contributed by atoms with Crippen LogP contribution in [0.4, 0.5) is 4.39 Å². The van der Waals surface area contributed by atoms with Gasteiger partial charge in [-0.15, -0.1) is 0 Å². The van der Waals surface area contributed by atoms with E-state index < -0.39 is 17.7 Å².